The standard InChI is InChI=1S/C16H13ClN2O2S/c1-9-7-11(17)13(8-14(9)21-2)19-15(20)10-5-3-4-6-12(10)18-16(19)22/h3-8H,1-2H3,(H,18,22). The van der Waals surface area contributed by atoms with E-state index in [-0.39, 0.29) is 10.3 Å². The SMILES string of the molecule is COc1cc(-n2c(=S)[nH]c3ccccc3c2=O)c(Cl)cc1C. The van der Waals surface area contributed by atoms with Crippen molar-refractivity contribution in [2.75, 3.05) is 7.11 Å². The molecular formula is C16H13ClN2O2S. The van der Waals surface area contributed by atoms with Crippen LogP contribution in [-0.4, -0.2) is 16.7 Å². The van der Waals surface area contributed by atoms with Gasteiger partial charge in [0, 0.05) is 6.07 Å². The largest absolute Gasteiger partial charge is 0.496 e. The van der Waals surface area contributed by atoms with Gasteiger partial charge in [0.1, 0.15) is 5.75 Å². The zero-order chi connectivity index (χ0) is 15.9. The average Bonchev–Trinajstić information content (AvgIpc) is 2.49. The summed E-state index contributed by atoms with van der Waals surface area (Å²) in [5.41, 5.74) is 1.87. The van der Waals surface area contributed by atoms with Crippen LogP contribution >= 0.6 is 23.8 Å². The van der Waals surface area contributed by atoms with Crippen LogP contribution in [0.3, 0.4) is 0 Å². The molecule has 3 rings (SSSR count). The molecule has 0 aliphatic rings. The number of aromatic amines is 1. The minimum absolute atomic E-state index is 0.216. The highest BCUT2D eigenvalue weighted by atomic mass is 35.5. The van der Waals surface area contributed by atoms with E-state index in [0.29, 0.717) is 27.4 Å². The summed E-state index contributed by atoms with van der Waals surface area (Å²) in [7, 11) is 1.57. The normalized spacial score (nSPS) is 10.9. The lowest BCUT2D eigenvalue weighted by Gasteiger charge is -2.13. The molecule has 0 radical (unpaired) electrons. The number of fused-ring (bicyclic) bond motifs is 1. The van der Waals surface area contributed by atoms with E-state index in [0.717, 1.165) is 5.56 Å². The first-order valence-electron chi connectivity index (χ1n) is 6.61. The number of nitrogens with one attached hydrogen (secondary N) is 1. The first-order chi connectivity index (χ1) is 10.5. The number of hydrogen-bond acceptors (Lipinski definition) is 3. The number of methoxy groups -OCH3 is 1. The van der Waals surface area contributed by atoms with Crippen LogP contribution in [0.4, 0.5) is 0 Å². The zero-order valence-electron chi connectivity index (χ0n) is 12.0. The zero-order valence-corrected chi connectivity index (χ0v) is 13.6. The van der Waals surface area contributed by atoms with E-state index in [1.54, 1.807) is 25.3 Å². The smallest absolute Gasteiger partial charge is 0.266 e. The second-order valence-corrected chi connectivity index (χ2v) is 5.68. The number of aromatic nitrogens is 2. The minimum atomic E-state index is -0.216. The third-order valence-electron chi connectivity index (χ3n) is 3.51. The highest BCUT2D eigenvalue weighted by molar-refractivity contribution is 7.71. The second kappa shape index (κ2) is 5.59. The molecule has 0 saturated carbocycles. The van der Waals surface area contributed by atoms with Crippen molar-refractivity contribution >= 4 is 34.7 Å². The van der Waals surface area contributed by atoms with E-state index in [2.05, 4.69) is 4.98 Å². The molecule has 3 aromatic rings. The number of para-hydroxylation sites is 1. The van der Waals surface area contributed by atoms with Gasteiger partial charge in [0.2, 0.25) is 0 Å². The van der Waals surface area contributed by atoms with Gasteiger partial charge in [-0.15, -0.1) is 0 Å². The topological polar surface area (TPSA) is 47.0 Å². The summed E-state index contributed by atoms with van der Waals surface area (Å²) < 4.78 is 6.99. The summed E-state index contributed by atoms with van der Waals surface area (Å²) >= 11 is 11.6. The van der Waals surface area contributed by atoms with Gasteiger partial charge in [-0.25, -0.2) is 0 Å². The predicted octanol–water partition coefficient (Wildman–Crippen LogP) is 4.02. The van der Waals surface area contributed by atoms with Gasteiger partial charge in [-0.05, 0) is 42.9 Å². The molecule has 0 spiro atoms. The van der Waals surface area contributed by atoms with Gasteiger partial charge in [0.05, 0.1) is 28.7 Å². The van der Waals surface area contributed by atoms with Crippen molar-refractivity contribution in [3.63, 3.8) is 0 Å². The summed E-state index contributed by atoms with van der Waals surface area (Å²) in [6.45, 7) is 1.89. The third-order valence-corrected chi connectivity index (χ3v) is 4.10. The molecule has 22 heavy (non-hydrogen) atoms. The maximum Gasteiger partial charge on any atom is 0.266 e. The van der Waals surface area contributed by atoms with Crippen molar-refractivity contribution in [1.82, 2.24) is 9.55 Å². The maximum absolute atomic E-state index is 12.8. The number of H-pyrrole nitrogens is 1. The van der Waals surface area contributed by atoms with Gasteiger partial charge in [-0.1, -0.05) is 23.7 Å². The number of ether oxygens (including phenoxy) is 1. The molecule has 0 saturated heterocycles. The van der Waals surface area contributed by atoms with Crippen LogP contribution in [-0.2, 0) is 0 Å². The van der Waals surface area contributed by atoms with E-state index >= 15 is 0 Å². The van der Waals surface area contributed by atoms with Gasteiger partial charge in [0.15, 0.2) is 4.77 Å². The number of hydrogen-bond donors (Lipinski definition) is 1. The fourth-order valence-electron chi connectivity index (χ4n) is 2.41. The van der Waals surface area contributed by atoms with E-state index in [1.165, 1.54) is 4.57 Å². The molecule has 0 unspecified atom stereocenters. The molecule has 6 heteroatoms. The Morgan fingerprint density at radius 2 is 2.00 bits per heavy atom. The average molecular weight is 333 g/mol. The molecule has 0 fully saturated rings. The Hall–Kier alpha value is -2.11. The Bertz CT molecular complexity index is 992. The van der Waals surface area contributed by atoms with Gasteiger partial charge in [-0.2, -0.15) is 0 Å². The summed E-state index contributed by atoms with van der Waals surface area (Å²) in [6.07, 6.45) is 0. The van der Waals surface area contributed by atoms with Crippen molar-refractivity contribution in [2.24, 2.45) is 0 Å². The fraction of sp³-hybridized carbons (Fsp3) is 0.125. The molecule has 1 N–H and O–H groups in total. The van der Waals surface area contributed by atoms with Crippen molar-refractivity contribution in [3.05, 3.63) is 62.1 Å². The van der Waals surface area contributed by atoms with Crippen LogP contribution in [0.25, 0.3) is 16.6 Å². The van der Waals surface area contributed by atoms with E-state index < -0.39 is 0 Å². The van der Waals surface area contributed by atoms with E-state index in [9.17, 15) is 4.79 Å². The Morgan fingerprint density at radius 1 is 1.27 bits per heavy atom. The first-order valence-corrected chi connectivity index (χ1v) is 7.40. The summed E-state index contributed by atoms with van der Waals surface area (Å²) in [4.78, 5) is 15.8. The lowest BCUT2D eigenvalue weighted by atomic mass is 10.2. The summed E-state index contributed by atoms with van der Waals surface area (Å²) in [5, 5.41) is 0.988. The van der Waals surface area contributed by atoms with Crippen LogP contribution in [0, 0.1) is 11.7 Å². The predicted molar refractivity (Wildman–Crippen MR) is 91.0 cm³/mol. The number of rotatable bonds is 2. The van der Waals surface area contributed by atoms with Gasteiger partial charge < -0.3 is 9.72 Å². The van der Waals surface area contributed by atoms with Gasteiger partial charge in [-0.3, -0.25) is 9.36 Å². The number of benzene rings is 2. The lowest BCUT2D eigenvalue weighted by molar-refractivity contribution is 0.411. The van der Waals surface area contributed by atoms with Crippen LogP contribution < -0.4 is 10.3 Å². The highest BCUT2D eigenvalue weighted by Crippen LogP contribution is 2.28. The Balaban J connectivity index is 2.41. The fourth-order valence-corrected chi connectivity index (χ4v) is 3.01. The first kappa shape index (κ1) is 14.8. The molecule has 0 aliphatic heterocycles. The maximum atomic E-state index is 12.8. The van der Waals surface area contributed by atoms with Gasteiger partial charge in [0.25, 0.3) is 5.56 Å². The Morgan fingerprint density at radius 3 is 2.73 bits per heavy atom. The van der Waals surface area contributed by atoms with E-state index in [1.807, 2.05) is 25.1 Å². The molecule has 0 amide bonds. The number of nitrogens with zero attached hydrogens (tertiary/aromatic N) is 1. The molecule has 0 atom stereocenters. The lowest BCUT2D eigenvalue weighted by Crippen LogP contribution is -2.21. The number of halogens is 1. The van der Waals surface area contributed by atoms with Crippen molar-refractivity contribution in [1.29, 1.82) is 0 Å². The van der Waals surface area contributed by atoms with Crippen molar-refractivity contribution < 1.29 is 4.74 Å². The highest BCUT2D eigenvalue weighted by Gasteiger charge is 2.13. The number of aryl methyl sites for hydroxylation is 1. The van der Waals surface area contributed by atoms with Crippen LogP contribution in [0.2, 0.25) is 5.02 Å². The molecular weight excluding hydrogens is 320 g/mol. The van der Waals surface area contributed by atoms with Gasteiger partial charge >= 0.3 is 0 Å². The second-order valence-electron chi connectivity index (χ2n) is 4.89. The van der Waals surface area contributed by atoms with Crippen molar-refractivity contribution in [3.8, 4) is 11.4 Å². The Labute approximate surface area is 136 Å². The monoisotopic (exact) mass is 332 g/mol. The summed E-state index contributed by atoms with van der Waals surface area (Å²) in [6, 6.07) is 10.7. The molecule has 112 valence electrons. The molecule has 0 aliphatic carbocycles. The quantitative estimate of drug-likeness (QED) is 0.721. The van der Waals surface area contributed by atoms with Crippen LogP contribution in [0.1, 0.15) is 5.56 Å². The minimum Gasteiger partial charge on any atom is -0.496 e. The molecule has 2 aromatic carbocycles. The molecule has 4 nitrogen and oxygen atoms in total. The van der Waals surface area contributed by atoms with E-state index in [4.69, 9.17) is 28.6 Å². The Kier molecular flexibility index (Phi) is 3.76. The molecule has 0 bridgehead atoms. The summed E-state index contributed by atoms with van der Waals surface area (Å²) in [5.74, 6) is 0.647. The third kappa shape index (κ3) is 2.32. The van der Waals surface area contributed by atoms with Crippen molar-refractivity contribution in [2.45, 2.75) is 6.92 Å². The van der Waals surface area contributed by atoms with Crippen LogP contribution in [0.15, 0.2) is 41.2 Å². The molecule has 1 aromatic heterocycles. The molecule has 1 heterocycles. The van der Waals surface area contributed by atoms with Crippen LogP contribution in [0.5, 0.6) is 5.75 Å².